The number of hydrazine groups is 1. The SMILES string of the molecule is CNC1CN(Nc2ncc3oc4ccccc4c3n2)C1. The van der Waals surface area contributed by atoms with Crippen molar-refractivity contribution in [2.45, 2.75) is 6.04 Å². The predicted octanol–water partition coefficient (Wildman–Crippen LogP) is 1.61. The van der Waals surface area contributed by atoms with Gasteiger partial charge < -0.3 is 9.73 Å². The van der Waals surface area contributed by atoms with Gasteiger partial charge in [-0.25, -0.2) is 15.0 Å². The van der Waals surface area contributed by atoms with Crippen molar-refractivity contribution in [1.29, 1.82) is 0 Å². The summed E-state index contributed by atoms with van der Waals surface area (Å²) in [4.78, 5) is 8.85. The van der Waals surface area contributed by atoms with E-state index in [1.54, 1.807) is 6.20 Å². The quantitative estimate of drug-likeness (QED) is 0.753. The highest BCUT2D eigenvalue weighted by atomic mass is 16.3. The molecule has 2 N–H and O–H groups in total. The summed E-state index contributed by atoms with van der Waals surface area (Å²) >= 11 is 0. The number of hydrogen-bond donors (Lipinski definition) is 2. The van der Waals surface area contributed by atoms with Crippen LogP contribution in [0.15, 0.2) is 34.9 Å². The minimum Gasteiger partial charge on any atom is -0.453 e. The molecule has 20 heavy (non-hydrogen) atoms. The number of hydrogen-bond acceptors (Lipinski definition) is 6. The maximum Gasteiger partial charge on any atom is 0.238 e. The highest BCUT2D eigenvalue weighted by Gasteiger charge is 2.25. The number of nitrogens with zero attached hydrogens (tertiary/aromatic N) is 3. The molecule has 3 aromatic rings. The van der Waals surface area contributed by atoms with Crippen LogP contribution in [0.25, 0.3) is 22.1 Å². The molecular weight excluding hydrogens is 254 g/mol. The lowest BCUT2D eigenvalue weighted by atomic mass is 10.2. The normalized spacial score (nSPS) is 16.6. The Morgan fingerprint density at radius 3 is 2.95 bits per heavy atom. The van der Waals surface area contributed by atoms with Crippen LogP contribution in [-0.2, 0) is 0 Å². The summed E-state index contributed by atoms with van der Waals surface area (Å²) in [5.41, 5.74) is 5.63. The van der Waals surface area contributed by atoms with E-state index in [1.807, 2.05) is 31.3 Å². The highest BCUT2D eigenvalue weighted by molar-refractivity contribution is 6.02. The van der Waals surface area contributed by atoms with Gasteiger partial charge in [0.25, 0.3) is 0 Å². The molecule has 0 spiro atoms. The van der Waals surface area contributed by atoms with Crippen molar-refractivity contribution in [2.75, 3.05) is 25.6 Å². The lowest BCUT2D eigenvalue weighted by Crippen LogP contribution is -2.59. The molecule has 0 bridgehead atoms. The summed E-state index contributed by atoms with van der Waals surface area (Å²) in [6, 6.07) is 8.44. The van der Waals surface area contributed by atoms with Crippen LogP contribution < -0.4 is 10.7 Å². The second kappa shape index (κ2) is 4.43. The Bertz CT molecular complexity index is 762. The van der Waals surface area contributed by atoms with Gasteiger partial charge >= 0.3 is 0 Å². The number of nitrogens with one attached hydrogen (secondary N) is 2. The minimum atomic E-state index is 0.543. The Labute approximate surface area is 115 Å². The zero-order valence-corrected chi connectivity index (χ0v) is 11.1. The number of fused-ring (bicyclic) bond motifs is 3. The van der Waals surface area contributed by atoms with Crippen molar-refractivity contribution in [1.82, 2.24) is 20.3 Å². The minimum absolute atomic E-state index is 0.543. The number of benzene rings is 1. The molecule has 102 valence electrons. The molecule has 0 aliphatic carbocycles. The smallest absolute Gasteiger partial charge is 0.238 e. The molecule has 0 saturated carbocycles. The topological polar surface area (TPSA) is 66.2 Å². The van der Waals surface area contributed by atoms with Gasteiger partial charge in [-0.05, 0) is 19.2 Å². The van der Waals surface area contributed by atoms with E-state index in [0.29, 0.717) is 17.6 Å². The molecule has 0 amide bonds. The summed E-state index contributed by atoms with van der Waals surface area (Å²) in [6.45, 7) is 1.90. The molecule has 1 aromatic carbocycles. The zero-order chi connectivity index (χ0) is 13.5. The number of rotatable bonds is 3. The molecule has 0 unspecified atom stereocenters. The van der Waals surface area contributed by atoms with E-state index in [0.717, 1.165) is 29.6 Å². The van der Waals surface area contributed by atoms with E-state index >= 15 is 0 Å². The van der Waals surface area contributed by atoms with E-state index in [-0.39, 0.29) is 0 Å². The Morgan fingerprint density at radius 2 is 2.10 bits per heavy atom. The first-order valence-corrected chi connectivity index (χ1v) is 6.66. The van der Waals surface area contributed by atoms with Gasteiger partial charge in [0, 0.05) is 24.5 Å². The zero-order valence-electron chi connectivity index (χ0n) is 11.1. The first kappa shape index (κ1) is 11.6. The summed E-state index contributed by atoms with van der Waals surface area (Å²) in [7, 11) is 1.97. The first-order chi connectivity index (χ1) is 9.83. The summed E-state index contributed by atoms with van der Waals surface area (Å²) in [5, 5.41) is 6.34. The van der Waals surface area contributed by atoms with Crippen molar-refractivity contribution in [3.05, 3.63) is 30.5 Å². The first-order valence-electron chi connectivity index (χ1n) is 6.66. The van der Waals surface area contributed by atoms with Crippen molar-refractivity contribution >= 4 is 28.0 Å². The average Bonchev–Trinajstić information content (AvgIpc) is 2.80. The lowest BCUT2D eigenvalue weighted by Gasteiger charge is -2.38. The van der Waals surface area contributed by atoms with Gasteiger partial charge in [0.15, 0.2) is 5.58 Å². The Balaban J connectivity index is 1.66. The van der Waals surface area contributed by atoms with Gasteiger partial charge in [-0.15, -0.1) is 0 Å². The van der Waals surface area contributed by atoms with Crippen LogP contribution in [-0.4, -0.2) is 41.2 Å². The fourth-order valence-corrected chi connectivity index (χ4v) is 2.46. The second-order valence-electron chi connectivity index (χ2n) is 5.01. The van der Waals surface area contributed by atoms with Crippen LogP contribution in [0, 0.1) is 0 Å². The van der Waals surface area contributed by atoms with Gasteiger partial charge in [0.1, 0.15) is 11.1 Å². The van der Waals surface area contributed by atoms with Gasteiger partial charge in [-0.3, -0.25) is 5.43 Å². The van der Waals surface area contributed by atoms with E-state index in [1.165, 1.54) is 0 Å². The van der Waals surface area contributed by atoms with E-state index in [9.17, 15) is 0 Å². The molecule has 3 heterocycles. The molecule has 4 rings (SSSR count). The maximum atomic E-state index is 5.71. The molecule has 2 aromatic heterocycles. The molecule has 6 heteroatoms. The molecule has 0 atom stereocenters. The van der Waals surface area contributed by atoms with Gasteiger partial charge in [-0.1, -0.05) is 12.1 Å². The summed E-state index contributed by atoms with van der Waals surface area (Å²) in [6.07, 6.45) is 1.72. The second-order valence-corrected chi connectivity index (χ2v) is 5.01. The van der Waals surface area contributed by atoms with E-state index in [2.05, 4.69) is 25.7 Å². The van der Waals surface area contributed by atoms with Crippen LogP contribution in [0.4, 0.5) is 5.95 Å². The lowest BCUT2D eigenvalue weighted by molar-refractivity contribution is 0.165. The Kier molecular flexibility index (Phi) is 2.58. The van der Waals surface area contributed by atoms with Crippen molar-refractivity contribution < 1.29 is 4.42 Å². The number of aromatic nitrogens is 2. The van der Waals surface area contributed by atoms with Crippen molar-refractivity contribution in [2.24, 2.45) is 0 Å². The summed E-state index contributed by atoms with van der Waals surface area (Å²) in [5.74, 6) is 0.610. The molecule has 1 saturated heterocycles. The number of anilines is 1. The fraction of sp³-hybridized carbons (Fsp3) is 0.286. The van der Waals surface area contributed by atoms with Crippen LogP contribution in [0.1, 0.15) is 0 Å². The van der Waals surface area contributed by atoms with Gasteiger partial charge in [-0.2, -0.15) is 0 Å². The highest BCUT2D eigenvalue weighted by Crippen LogP contribution is 2.27. The Morgan fingerprint density at radius 1 is 1.25 bits per heavy atom. The van der Waals surface area contributed by atoms with Gasteiger partial charge in [0.2, 0.25) is 5.95 Å². The van der Waals surface area contributed by atoms with Crippen molar-refractivity contribution in [3.63, 3.8) is 0 Å². The monoisotopic (exact) mass is 269 g/mol. The van der Waals surface area contributed by atoms with Crippen LogP contribution in [0.2, 0.25) is 0 Å². The van der Waals surface area contributed by atoms with Crippen LogP contribution in [0.3, 0.4) is 0 Å². The third kappa shape index (κ3) is 1.81. The molecule has 1 aliphatic heterocycles. The standard InChI is InChI=1S/C14H15N5O/c1-15-9-7-19(8-9)18-14-16-6-12-13(17-14)10-4-2-3-5-11(10)20-12/h2-6,9,15H,7-8H2,1H3,(H,16,17,18). The van der Waals surface area contributed by atoms with E-state index < -0.39 is 0 Å². The van der Waals surface area contributed by atoms with Crippen LogP contribution >= 0.6 is 0 Å². The molecule has 1 fully saturated rings. The number of furan rings is 1. The van der Waals surface area contributed by atoms with Gasteiger partial charge in [0.05, 0.1) is 6.20 Å². The van der Waals surface area contributed by atoms with Crippen molar-refractivity contribution in [3.8, 4) is 0 Å². The molecular formula is C14H15N5O. The number of likely N-dealkylation sites (N-methyl/N-ethyl adjacent to an activating group) is 1. The predicted molar refractivity (Wildman–Crippen MR) is 77.4 cm³/mol. The number of para-hydroxylation sites is 1. The molecule has 0 radical (unpaired) electrons. The average molecular weight is 269 g/mol. The molecule has 6 nitrogen and oxygen atoms in total. The van der Waals surface area contributed by atoms with E-state index in [4.69, 9.17) is 4.42 Å². The third-order valence-electron chi connectivity index (χ3n) is 3.67. The molecule has 1 aliphatic rings. The third-order valence-corrected chi connectivity index (χ3v) is 3.67. The Hall–Kier alpha value is -2.18. The summed E-state index contributed by atoms with van der Waals surface area (Å²) < 4.78 is 5.71. The van der Waals surface area contributed by atoms with Crippen LogP contribution in [0.5, 0.6) is 0 Å². The fourth-order valence-electron chi connectivity index (χ4n) is 2.46. The maximum absolute atomic E-state index is 5.71. The largest absolute Gasteiger partial charge is 0.453 e.